The van der Waals surface area contributed by atoms with Crippen molar-refractivity contribution >= 4 is 17.7 Å². The lowest BCUT2D eigenvalue weighted by Crippen LogP contribution is -2.41. The highest BCUT2D eigenvalue weighted by Crippen LogP contribution is 2.38. The van der Waals surface area contributed by atoms with Crippen LogP contribution in [0.3, 0.4) is 0 Å². The highest BCUT2D eigenvalue weighted by molar-refractivity contribution is 6.04. The smallest absolute Gasteiger partial charge is 0.131 e. The van der Waals surface area contributed by atoms with Gasteiger partial charge in [-0.1, -0.05) is 27.7 Å². The first-order valence-corrected chi connectivity index (χ1v) is 10.5. The van der Waals surface area contributed by atoms with Crippen LogP contribution in [-0.2, 0) is 12.8 Å². The Morgan fingerprint density at radius 2 is 1.54 bits per heavy atom. The normalized spacial score (nSPS) is 20.3. The molecule has 2 rings (SSSR count). The molecular weight excluding hydrogens is 318 g/mol. The first-order chi connectivity index (χ1) is 12.5. The van der Waals surface area contributed by atoms with Gasteiger partial charge in [0.2, 0.25) is 0 Å². The van der Waals surface area contributed by atoms with Crippen LogP contribution in [0.15, 0.2) is 4.99 Å². The summed E-state index contributed by atoms with van der Waals surface area (Å²) in [4.78, 5) is 7.17. The maximum atomic E-state index is 9.25. The molecule has 0 aliphatic carbocycles. The maximum absolute atomic E-state index is 9.25. The number of benzene rings is 1. The van der Waals surface area contributed by atoms with Gasteiger partial charge in [-0.15, -0.1) is 0 Å². The van der Waals surface area contributed by atoms with Crippen molar-refractivity contribution in [1.29, 1.82) is 5.41 Å². The van der Waals surface area contributed by atoms with Crippen LogP contribution in [0.4, 0.5) is 5.69 Å². The maximum Gasteiger partial charge on any atom is 0.131 e. The van der Waals surface area contributed by atoms with E-state index in [0.717, 1.165) is 36.9 Å². The van der Waals surface area contributed by atoms with Gasteiger partial charge in [-0.25, -0.2) is 0 Å². The summed E-state index contributed by atoms with van der Waals surface area (Å²) in [6, 6.07) is 0.976. The number of nitrogens with zero attached hydrogens (tertiary/aromatic N) is 2. The van der Waals surface area contributed by atoms with Gasteiger partial charge < -0.3 is 4.90 Å². The summed E-state index contributed by atoms with van der Waals surface area (Å²) >= 11 is 0. The average molecular weight is 356 g/mol. The zero-order valence-corrected chi connectivity index (χ0v) is 17.9. The molecule has 26 heavy (non-hydrogen) atoms. The van der Waals surface area contributed by atoms with E-state index in [1.54, 1.807) is 0 Å². The molecule has 0 radical (unpaired) electrons. The number of nitrogens with one attached hydrogen (secondary N) is 1. The Labute approximate surface area is 160 Å². The van der Waals surface area contributed by atoms with Gasteiger partial charge >= 0.3 is 0 Å². The second-order valence-electron chi connectivity index (χ2n) is 7.48. The molecule has 0 aromatic heterocycles. The fourth-order valence-corrected chi connectivity index (χ4v) is 4.78. The number of hydrogen-bond donors (Lipinski definition) is 1. The van der Waals surface area contributed by atoms with Crippen molar-refractivity contribution in [2.75, 3.05) is 0 Å². The van der Waals surface area contributed by atoms with Gasteiger partial charge in [0.25, 0.3) is 0 Å². The zero-order chi connectivity index (χ0) is 19.4. The predicted molar refractivity (Wildman–Crippen MR) is 115 cm³/mol. The first kappa shape index (κ1) is 20.7. The number of aliphatic imine (C=N–C) groups is 1. The van der Waals surface area contributed by atoms with Crippen LogP contribution < -0.4 is 0 Å². The number of likely N-dealkylation sites (tertiary alicyclic amines) is 1. The molecule has 2 unspecified atom stereocenters. The Kier molecular flexibility index (Phi) is 7.02. The van der Waals surface area contributed by atoms with Crippen LogP contribution in [-0.4, -0.2) is 29.0 Å². The summed E-state index contributed by atoms with van der Waals surface area (Å²) in [7, 11) is 0. The van der Waals surface area contributed by atoms with Crippen molar-refractivity contribution in [3.8, 4) is 0 Å². The monoisotopic (exact) mass is 355 g/mol. The van der Waals surface area contributed by atoms with E-state index in [1.807, 2.05) is 13.1 Å². The van der Waals surface area contributed by atoms with Gasteiger partial charge in [-0.3, -0.25) is 10.4 Å². The van der Waals surface area contributed by atoms with E-state index in [2.05, 4.69) is 46.4 Å². The van der Waals surface area contributed by atoms with E-state index >= 15 is 0 Å². The van der Waals surface area contributed by atoms with E-state index < -0.39 is 0 Å². The Hall–Kier alpha value is -1.64. The van der Waals surface area contributed by atoms with Crippen LogP contribution in [0.5, 0.6) is 0 Å². The SMILES string of the molecule is CC=Nc1c(C)c(C)c(CC)c(CC)c1C(=N)N1C(CC)CCC1CC. The molecule has 144 valence electrons. The lowest BCUT2D eigenvalue weighted by atomic mass is 9.87. The lowest BCUT2D eigenvalue weighted by Gasteiger charge is -2.34. The van der Waals surface area contributed by atoms with Gasteiger partial charge in [-0.05, 0) is 81.5 Å². The Morgan fingerprint density at radius 3 is 1.96 bits per heavy atom. The minimum atomic E-state index is 0.488. The molecule has 1 fully saturated rings. The molecule has 1 saturated heterocycles. The second kappa shape index (κ2) is 8.83. The summed E-state index contributed by atoms with van der Waals surface area (Å²) in [5, 5.41) is 9.25. The molecule has 0 spiro atoms. The van der Waals surface area contributed by atoms with Crippen molar-refractivity contribution in [2.24, 2.45) is 4.99 Å². The van der Waals surface area contributed by atoms with E-state index in [1.165, 1.54) is 35.1 Å². The van der Waals surface area contributed by atoms with Crippen molar-refractivity contribution in [2.45, 2.75) is 99.1 Å². The molecule has 1 aliphatic rings. The molecule has 1 N–H and O–H groups in total. The molecule has 1 heterocycles. The first-order valence-electron chi connectivity index (χ1n) is 10.5. The third kappa shape index (κ3) is 3.45. The molecule has 1 aliphatic heterocycles. The number of rotatable bonds is 6. The second-order valence-corrected chi connectivity index (χ2v) is 7.48. The fraction of sp³-hybridized carbons (Fsp3) is 0.652. The van der Waals surface area contributed by atoms with Crippen LogP contribution in [0.2, 0.25) is 0 Å². The zero-order valence-electron chi connectivity index (χ0n) is 17.9. The minimum absolute atomic E-state index is 0.488. The molecule has 0 saturated carbocycles. The van der Waals surface area contributed by atoms with Crippen LogP contribution in [0.25, 0.3) is 0 Å². The van der Waals surface area contributed by atoms with E-state index in [-0.39, 0.29) is 0 Å². The third-order valence-corrected chi connectivity index (χ3v) is 6.30. The summed E-state index contributed by atoms with van der Waals surface area (Å²) in [5.41, 5.74) is 7.43. The molecule has 1 aromatic rings. The largest absolute Gasteiger partial charge is 0.351 e. The van der Waals surface area contributed by atoms with Crippen LogP contribution >= 0.6 is 0 Å². The van der Waals surface area contributed by atoms with Crippen molar-refractivity contribution < 1.29 is 0 Å². The molecule has 2 atom stereocenters. The molecule has 3 heteroatoms. The molecule has 1 aromatic carbocycles. The van der Waals surface area contributed by atoms with Gasteiger partial charge in [-0.2, -0.15) is 0 Å². The van der Waals surface area contributed by atoms with Crippen molar-refractivity contribution in [3.63, 3.8) is 0 Å². The van der Waals surface area contributed by atoms with E-state index in [9.17, 15) is 5.41 Å². The summed E-state index contributed by atoms with van der Waals surface area (Å²) in [6.07, 6.45) is 8.47. The van der Waals surface area contributed by atoms with Gasteiger partial charge in [0, 0.05) is 23.9 Å². The third-order valence-electron chi connectivity index (χ3n) is 6.30. The number of amidine groups is 1. The van der Waals surface area contributed by atoms with E-state index in [0.29, 0.717) is 17.9 Å². The van der Waals surface area contributed by atoms with Gasteiger partial charge in [0.1, 0.15) is 5.84 Å². The highest BCUT2D eigenvalue weighted by Gasteiger charge is 2.35. The summed E-state index contributed by atoms with van der Waals surface area (Å²) < 4.78 is 0. The lowest BCUT2D eigenvalue weighted by molar-refractivity contribution is 0.299. The fourth-order valence-electron chi connectivity index (χ4n) is 4.78. The molecule has 0 amide bonds. The van der Waals surface area contributed by atoms with E-state index in [4.69, 9.17) is 4.99 Å². The van der Waals surface area contributed by atoms with Gasteiger partial charge in [0.05, 0.1) is 5.69 Å². The Bertz CT molecular complexity index is 675. The summed E-state index contributed by atoms with van der Waals surface area (Å²) in [6.45, 7) is 15.3. The minimum Gasteiger partial charge on any atom is -0.351 e. The van der Waals surface area contributed by atoms with Crippen molar-refractivity contribution in [1.82, 2.24) is 4.90 Å². The molecular formula is C23H37N3. The average Bonchev–Trinajstić information content (AvgIpc) is 3.07. The standard InChI is InChI=1S/C23H37N3/c1-8-17-13-14-18(9-2)26(17)23(24)21-20(11-4)19(10-3)15(6)16(7)22(21)25-12-5/h12,17-18,24H,8-11,13-14H2,1-7H3. The Balaban J connectivity index is 2.73. The topological polar surface area (TPSA) is 39.5 Å². The van der Waals surface area contributed by atoms with Gasteiger partial charge in [0.15, 0.2) is 0 Å². The quantitative estimate of drug-likeness (QED) is 0.484. The highest BCUT2D eigenvalue weighted by atomic mass is 15.2. The predicted octanol–water partition coefficient (Wildman–Crippen LogP) is 6.13. The molecule has 3 nitrogen and oxygen atoms in total. The number of hydrogen-bond acceptors (Lipinski definition) is 2. The van der Waals surface area contributed by atoms with Crippen molar-refractivity contribution in [3.05, 3.63) is 27.8 Å². The molecule has 0 bridgehead atoms. The van der Waals surface area contributed by atoms with Crippen LogP contribution in [0, 0.1) is 19.3 Å². The van der Waals surface area contributed by atoms with Crippen LogP contribution in [0.1, 0.15) is 88.1 Å². The summed E-state index contributed by atoms with van der Waals surface area (Å²) in [5.74, 6) is 0.705. The Morgan fingerprint density at radius 1 is 1.00 bits per heavy atom.